The Labute approximate surface area is 119 Å². The van der Waals surface area contributed by atoms with Crippen LogP contribution in [0.1, 0.15) is 12.5 Å². The highest BCUT2D eigenvalue weighted by atomic mass is 16.5. The third-order valence-electron chi connectivity index (χ3n) is 2.94. The van der Waals surface area contributed by atoms with Crippen molar-refractivity contribution < 1.29 is 19.4 Å². The van der Waals surface area contributed by atoms with Crippen molar-refractivity contribution >= 4 is 12.0 Å². The monoisotopic (exact) mass is 276 g/mol. The van der Waals surface area contributed by atoms with Gasteiger partial charge in [0, 0.05) is 5.92 Å². The molecule has 0 spiro atoms. The Balaban J connectivity index is 2.75. The molecule has 0 amide bonds. The number of carbonyl (C=O) groups is 1. The zero-order valence-electron chi connectivity index (χ0n) is 11.9. The average Bonchev–Trinajstić information content (AvgIpc) is 2.50. The summed E-state index contributed by atoms with van der Waals surface area (Å²) in [5.74, 6) is -0.478. The second kappa shape index (κ2) is 8.17. The van der Waals surface area contributed by atoms with E-state index in [1.165, 1.54) is 20.3 Å². The Bertz CT molecular complexity index is 477. The summed E-state index contributed by atoms with van der Waals surface area (Å²) in [6, 6.07) is 9.66. The van der Waals surface area contributed by atoms with Gasteiger partial charge in [0.05, 0.1) is 26.4 Å². The summed E-state index contributed by atoms with van der Waals surface area (Å²) < 4.78 is 9.67. The van der Waals surface area contributed by atoms with Gasteiger partial charge in [-0.1, -0.05) is 49.4 Å². The van der Waals surface area contributed by atoms with Crippen molar-refractivity contribution in [3.63, 3.8) is 0 Å². The minimum absolute atomic E-state index is 0.348. The van der Waals surface area contributed by atoms with Crippen LogP contribution < -0.4 is 0 Å². The lowest BCUT2D eigenvalue weighted by Crippen LogP contribution is -2.19. The van der Waals surface area contributed by atoms with Crippen molar-refractivity contribution in [3.8, 4) is 0 Å². The van der Waals surface area contributed by atoms with Gasteiger partial charge in [-0.3, -0.25) is 0 Å². The second-order valence-electron chi connectivity index (χ2n) is 4.32. The number of rotatable bonds is 6. The van der Waals surface area contributed by atoms with Gasteiger partial charge < -0.3 is 14.6 Å². The molecule has 0 radical (unpaired) electrons. The standard InChI is InChI=1S/C16H20O4/c1-12(15(19-2)11-16(18)20-3)14(17)10-9-13-7-5-4-6-8-13/h4-12,14,17H,1-3H3/b10-9+,15-11+/t12-,14-/m0/s1. The van der Waals surface area contributed by atoms with Crippen LogP contribution in [0, 0.1) is 5.92 Å². The highest BCUT2D eigenvalue weighted by molar-refractivity contribution is 5.82. The Morgan fingerprint density at radius 1 is 1.20 bits per heavy atom. The third-order valence-corrected chi connectivity index (χ3v) is 2.94. The van der Waals surface area contributed by atoms with Gasteiger partial charge in [0.25, 0.3) is 0 Å². The lowest BCUT2D eigenvalue weighted by molar-refractivity contribution is -0.135. The molecule has 0 aliphatic rings. The molecule has 1 aromatic rings. The number of hydrogen-bond acceptors (Lipinski definition) is 4. The van der Waals surface area contributed by atoms with Crippen LogP contribution in [0.5, 0.6) is 0 Å². The van der Waals surface area contributed by atoms with E-state index in [0.717, 1.165) is 5.56 Å². The van der Waals surface area contributed by atoms with Gasteiger partial charge >= 0.3 is 5.97 Å². The van der Waals surface area contributed by atoms with Crippen LogP contribution in [-0.2, 0) is 14.3 Å². The molecule has 0 saturated carbocycles. The molecule has 0 saturated heterocycles. The summed E-state index contributed by atoms with van der Waals surface area (Å²) in [6.07, 6.45) is 3.98. The number of ether oxygens (including phenoxy) is 2. The zero-order chi connectivity index (χ0) is 15.0. The zero-order valence-corrected chi connectivity index (χ0v) is 11.9. The van der Waals surface area contributed by atoms with E-state index < -0.39 is 12.1 Å². The molecule has 1 rings (SSSR count). The molecular weight excluding hydrogens is 256 g/mol. The van der Waals surface area contributed by atoms with E-state index in [4.69, 9.17) is 4.74 Å². The molecule has 4 nitrogen and oxygen atoms in total. The second-order valence-corrected chi connectivity index (χ2v) is 4.32. The van der Waals surface area contributed by atoms with E-state index in [1.807, 2.05) is 36.4 Å². The smallest absolute Gasteiger partial charge is 0.333 e. The van der Waals surface area contributed by atoms with Gasteiger partial charge in [-0.15, -0.1) is 0 Å². The number of benzene rings is 1. The summed E-state index contributed by atoms with van der Waals surface area (Å²) >= 11 is 0. The summed E-state index contributed by atoms with van der Waals surface area (Å²) in [5, 5.41) is 10.1. The van der Waals surface area contributed by atoms with Gasteiger partial charge in [-0.2, -0.15) is 0 Å². The van der Waals surface area contributed by atoms with Crippen LogP contribution in [-0.4, -0.2) is 31.4 Å². The fourth-order valence-corrected chi connectivity index (χ4v) is 1.66. The molecule has 0 aromatic heterocycles. The largest absolute Gasteiger partial charge is 0.500 e. The van der Waals surface area contributed by atoms with Crippen molar-refractivity contribution in [2.75, 3.05) is 14.2 Å². The first-order chi connectivity index (χ1) is 9.58. The molecule has 0 fully saturated rings. The average molecular weight is 276 g/mol. The molecule has 1 N–H and O–H groups in total. The fraction of sp³-hybridized carbons (Fsp3) is 0.312. The number of hydrogen-bond donors (Lipinski definition) is 1. The van der Waals surface area contributed by atoms with E-state index in [2.05, 4.69) is 4.74 Å². The van der Waals surface area contributed by atoms with Gasteiger partial charge in [-0.05, 0) is 5.56 Å². The third kappa shape index (κ3) is 4.90. The van der Waals surface area contributed by atoms with Crippen LogP contribution in [0.4, 0.5) is 0 Å². The highest BCUT2D eigenvalue weighted by Crippen LogP contribution is 2.17. The Hall–Kier alpha value is -2.07. The van der Waals surface area contributed by atoms with Crippen LogP contribution in [0.25, 0.3) is 6.08 Å². The number of methoxy groups -OCH3 is 2. The molecule has 0 bridgehead atoms. The van der Waals surface area contributed by atoms with Crippen molar-refractivity contribution in [1.29, 1.82) is 0 Å². The molecule has 4 heteroatoms. The number of carbonyl (C=O) groups excluding carboxylic acids is 1. The lowest BCUT2D eigenvalue weighted by Gasteiger charge is -2.18. The first-order valence-electron chi connectivity index (χ1n) is 6.33. The molecule has 0 aliphatic heterocycles. The van der Waals surface area contributed by atoms with Gasteiger partial charge in [0.2, 0.25) is 0 Å². The van der Waals surface area contributed by atoms with E-state index in [9.17, 15) is 9.90 Å². The number of aliphatic hydroxyl groups is 1. The SMILES string of the molecule is COC(=O)/C=C(/OC)[C@@H](C)[C@@H](O)/C=C/c1ccccc1. The maximum absolute atomic E-state index is 11.2. The fourth-order valence-electron chi connectivity index (χ4n) is 1.66. The van der Waals surface area contributed by atoms with E-state index in [-0.39, 0.29) is 5.92 Å². The van der Waals surface area contributed by atoms with Crippen molar-refractivity contribution in [2.45, 2.75) is 13.0 Å². The van der Waals surface area contributed by atoms with Gasteiger partial charge in [-0.25, -0.2) is 4.79 Å². The predicted octanol–water partition coefficient (Wildman–Crippen LogP) is 2.40. The van der Waals surface area contributed by atoms with Crippen molar-refractivity contribution in [3.05, 3.63) is 53.8 Å². The van der Waals surface area contributed by atoms with Crippen LogP contribution >= 0.6 is 0 Å². The van der Waals surface area contributed by atoms with Gasteiger partial charge in [0.1, 0.15) is 5.76 Å². The summed E-state index contributed by atoms with van der Waals surface area (Å²) in [6.45, 7) is 1.78. The first-order valence-corrected chi connectivity index (χ1v) is 6.33. The molecular formula is C16H20O4. The first kappa shape index (κ1) is 16.0. The van der Waals surface area contributed by atoms with E-state index in [0.29, 0.717) is 5.76 Å². The molecule has 0 heterocycles. The van der Waals surface area contributed by atoms with Crippen LogP contribution in [0.2, 0.25) is 0 Å². The van der Waals surface area contributed by atoms with Crippen LogP contribution in [0.3, 0.4) is 0 Å². The minimum atomic E-state index is -0.758. The Morgan fingerprint density at radius 3 is 2.40 bits per heavy atom. The van der Waals surface area contributed by atoms with E-state index in [1.54, 1.807) is 13.0 Å². The molecule has 0 aliphatic carbocycles. The summed E-state index contributed by atoms with van der Waals surface area (Å²) in [7, 11) is 2.75. The molecule has 0 unspecified atom stereocenters. The predicted molar refractivity (Wildman–Crippen MR) is 77.8 cm³/mol. The minimum Gasteiger partial charge on any atom is -0.500 e. The number of esters is 1. The summed E-state index contributed by atoms with van der Waals surface area (Å²) in [4.78, 5) is 11.2. The normalized spacial score (nSPS) is 14.9. The maximum atomic E-state index is 11.2. The topological polar surface area (TPSA) is 55.8 Å². The molecule has 2 atom stereocenters. The quantitative estimate of drug-likeness (QED) is 0.492. The van der Waals surface area contributed by atoms with Crippen molar-refractivity contribution in [1.82, 2.24) is 0 Å². The molecule has 1 aromatic carbocycles. The molecule has 20 heavy (non-hydrogen) atoms. The number of aliphatic hydroxyl groups excluding tert-OH is 1. The molecule has 108 valence electrons. The van der Waals surface area contributed by atoms with E-state index >= 15 is 0 Å². The van der Waals surface area contributed by atoms with Gasteiger partial charge in [0.15, 0.2) is 0 Å². The highest BCUT2D eigenvalue weighted by Gasteiger charge is 2.18. The lowest BCUT2D eigenvalue weighted by atomic mass is 10.0. The summed E-state index contributed by atoms with van der Waals surface area (Å²) in [5.41, 5.74) is 0.995. The van der Waals surface area contributed by atoms with Crippen molar-refractivity contribution in [2.24, 2.45) is 5.92 Å². The Morgan fingerprint density at radius 2 is 1.85 bits per heavy atom. The maximum Gasteiger partial charge on any atom is 0.333 e. The van der Waals surface area contributed by atoms with Crippen LogP contribution in [0.15, 0.2) is 48.2 Å². The Kier molecular flexibility index (Phi) is 6.53.